The molecule has 2 aromatic carbocycles. The monoisotopic (exact) mass is 639 g/mol. The summed E-state index contributed by atoms with van der Waals surface area (Å²) in [6.07, 6.45) is 1.15. The van der Waals surface area contributed by atoms with Crippen molar-refractivity contribution in [2.24, 2.45) is 16.2 Å². The van der Waals surface area contributed by atoms with Crippen LogP contribution in [0.25, 0.3) is 0 Å². The minimum Gasteiger partial charge on any atom is -0.485 e. The van der Waals surface area contributed by atoms with Gasteiger partial charge in [-0.1, -0.05) is 141 Å². The Balaban J connectivity index is 3.10. The van der Waals surface area contributed by atoms with Gasteiger partial charge >= 0.3 is 0 Å². The van der Waals surface area contributed by atoms with Crippen LogP contribution in [-0.2, 0) is 21.7 Å². The molecule has 0 aromatic heterocycles. The SMILES string of the molecule is Cc1cc(C(C)(C)C)c(C(Oc2ccc(C(C)(C)CC(C)(C)C)cc2C(C)(C)CC(C)(C)C)C(CO)(CO)CO)c(C(C)(C)C)c1. The van der Waals surface area contributed by atoms with E-state index in [9.17, 15) is 15.3 Å². The molecule has 2 rings (SSSR count). The number of aryl methyl sites for hydroxylation is 1. The molecule has 0 aliphatic rings. The van der Waals surface area contributed by atoms with E-state index in [1.165, 1.54) is 5.56 Å². The van der Waals surface area contributed by atoms with Crippen molar-refractivity contribution < 1.29 is 20.1 Å². The first kappa shape index (κ1) is 40.3. The molecule has 46 heavy (non-hydrogen) atoms. The molecule has 1 unspecified atom stereocenters. The van der Waals surface area contributed by atoms with E-state index in [0.717, 1.165) is 46.4 Å². The average Bonchev–Trinajstić information content (AvgIpc) is 2.85. The summed E-state index contributed by atoms with van der Waals surface area (Å²) < 4.78 is 7.27. The Morgan fingerprint density at radius 3 is 1.35 bits per heavy atom. The molecule has 262 valence electrons. The van der Waals surface area contributed by atoms with Gasteiger partial charge in [0, 0.05) is 11.1 Å². The molecule has 0 saturated heterocycles. The van der Waals surface area contributed by atoms with Gasteiger partial charge < -0.3 is 20.1 Å². The van der Waals surface area contributed by atoms with Crippen molar-refractivity contribution in [2.45, 2.75) is 158 Å². The molecule has 3 N–H and O–H groups in total. The lowest BCUT2D eigenvalue weighted by molar-refractivity contribution is -0.0758. The zero-order valence-corrected chi connectivity index (χ0v) is 32.7. The van der Waals surface area contributed by atoms with Gasteiger partial charge in [-0.15, -0.1) is 0 Å². The molecule has 0 aliphatic heterocycles. The second-order valence-corrected chi connectivity index (χ2v) is 20.1. The van der Waals surface area contributed by atoms with Crippen molar-refractivity contribution in [1.82, 2.24) is 0 Å². The topological polar surface area (TPSA) is 69.9 Å². The standard InChI is InChI=1S/C42H70O4/c1-28-20-31(38(8,9)10)34(32(21-28)39(11,12)13)35(42(25-43,26-44)27-45)46-33-19-18-29(40(14,15)23-36(2,3)4)22-30(33)41(16,17)24-37(5,6)7/h18-22,35,43-45H,23-27H2,1-17H3. The first-order chi connectivity index (χ1) is 20.5. The Hall–Kier alpha value is -1.88. The van der Waals surface area contributed by atoms with Crippen LogP contribution in [0.2, 0.25) is 0 Å². The zero-order chi connectivity index (χ0) is 35.9. The quantitative estimate of drug-likeness (QED) is 0.229. The summed E-state index contributed by atoms with van der Waals surface area (Å²) in [4.78, 5) is 0. The highest BCUT2D eigenvalue weighted by Crippen LogP contribution is 2.50. The van der Waals surface area contributed by atoms with Crippen LogP contribution in [0.3, 0.4) is 0 Å². The lowest BCUT2D eigenvalue weighted by atomic mass is 9.68. The van der Waals surface area contributed by atoms with Crippen molar-refractivity contribution >= 4 is 0 Å². The summed E-state index contributed by atoms with van der Waals surface area (Å²) in [5.41, 5.74) is 4.73. The largest absolute Gasteiger partial charge is 0.485 e. The van der Waals surface area contributed by atoms with Crippen LogP contribution >= 0.6 is 0 Å². The molecule has 0 bridgehead atoms. The van der Waals surface area contributed by atoms with Crippen LogP contribution in [0.5, 0.6) is 5.75 Å². The van der Waals surface area contributed by atoms with Crippen LogP contribution in [0.4, 0.5) is 0 Å². The molecule has 0 heterocycles. The molecule has 0 spiro atoms. The molecule has 4 heteroatoms. The van der Waals surface area contributed by atoms with Gasteiger partial charge in [0.05, 0.1) is 25.2 Å². The molecule has 0 aliphatic carbocycles. The van der Waals surface area contributed by atoms with E-state index in [2.05, 4.69) is 148 Å². The Bertz CT molecular complexity index is 1270. The predicted molar refractivity (Wildman–Crippen MR) is 196 cm³/mol. The maximum absolute atomic E-state index is 11.0. The number of benzene rings is 2. The predicted octanol–water partition coefficient (Wildman–Crippen LogP) is 10.1. The number of ether oxygens (including phenoxy) is 1. The van der Waals surface area contributed by atoms with Crippen LogP contribution < -0.4 is 4.74 Å². The number of aliphatic hydroxyl groups is 3. The smallest absolute Gasteiger partial charge is 0.137 e. The molecule has 0 amide bonds. The second-order valence-electron chi connectivity index (χ2n) is 20.1. The van der Waals surface area contributed by atoms with Crippen molar-refractivity contribution in [3.63, 3.8) is 0 Å². The molecule has 4 nitrogen and oxygen atoms in total. The Kier molecular flexibility index (Phi) is 11.9. The van der Waals surface area contributed by atoms with E-state index in [1.807, 2.05) is 0 Å². The first-order valence-electron chi connectivity index (χ1n) is 17.3. The summed E-state index contributed by atoms with van der Waals surface area (Å²) >= 11 is 0. The van der Waals surface area contributed by atoms with Gasteiger partial charge in [0.15, 0.2) is 0 Å². The number of hydrogen-bond acceptors (Lipinski definition) is 4. The van der Waals surface area contributed by atoms with E-state index in [4.69, 9.17) is 4.74 Å². The van der Waals surface area contributed by atoms with Gasteiger partial charge in [-0.25, -0.2) is 0 Å². The normalized spacial score (nSPS) is 14.9. The fourth-order valence-electron chi connectivity index (χ4n) is 7.77. The van der Waals surface area contributed by atoms with Crippen molar-refractivity contribution in [3.8, 4) is 5.75 Å². The van der Waals surface area contributed by atoms with Gasteiger partial charge in [0.2, 0.25) is 0 Å². The summed E-state index contributed by atoms with van der Waals surface area (Å²) in [6, 6.07) is 11.1. The van der Waals surface area contributed by atoms with Crippen LogP contribution in [-0.4, -0.2) is 35.1 Å². The maximum Gasteiger partial charge on any atom is 0.137 e. The molecular weight excluding hydrogens is 568 g/mol. The van der Waals surface area contributed by atoms with Crippen molar-refractivity contribution in [2.75, 3.05) is 19.8 Å². The van der Waals surface area contributed by atoms with E-state index < -0.39 is 31.3 Å². The number of rotatable bonds is 11. The summed E-state index contributed by atoms with van der Waals surface area (Å²) in [5.74, 6) is 0.731. The fraction of sp³-hybridized carbons (Fsp3) is 0.714. The first-order valence-corrected chi connectivity index (χ1v) is 17.3. The van der Waals surface area contributed by atoms with Gasteiger partial charge in [-0.3, -0.25) is 0 Å². The minimum absolute atomic E-state index is 0.0659. The molecule has 0 radical (unpaired) electrons. The van der Waals surface area contributed by atoms with Crippen LogP contribution in [0.15, 0.2) is 30.3 Å². The number of aliphatic hydroxyl groups excluding tert-OH is 3. The molecule has 2 aromatic rings. The van der Waals surface area contributed by atoms with Crippen LogP contribution in [0, 0.1) is 23.2 Å². The summed E-state index contributed by atoms with van der Waals surface area (Å²) in [6.45, 7) is 36.9. The third-order valence-electron chi connectivity index (χ3n) is 9.38. The maximum atomic E-state index is 11.0. The lowest BCUT2D eigenvalue weighted by Gasteiger charge is -2.43. The van der Waals surface area contributed by atoms with Crippen LogP contribution in [0.1, 0.15) is 163 Å². The molecule has 0 saturated carbocycles. The Labute approximate surface area is 283 Å². The van der Waals surface area contributed by atoms with Gasteiger partial charge in [-0.05, 0) is 75.0 Å². The average molecular weight is 639 g/mol. The Morgan fingerprint density at radius 2 is 0.978 bits per heavy atom. The highest BCUT2D eigenvalue weighted by atomic mass is 16.5. The minimum atomic E-state index is -1.33. The summed E-state index contributed by atoms with van der Waals surface area (Å²) in [5, 5.41) is 32.9. The third-order valence-corrected chi connectivity index (χ3v) is 9.38. The Morgan fingerprint density at radius 1 is 0.565 bits per heavy atom. The van der Waals surface area contributed by atoms with Gasteiger partial charge in [0.1, 0.15) is 11.9 Å². The second kappa shape index (κ2) is 13.6. The third kappa shape index (κ3) is 9.60. The fourth-order valence-corrected chi connectivity index (χ4v) is 7.77. The number of hydrogen-bond donors (Lipinski definition) is 3. The highest BCUT2D eigenvalue weighted by molar-refractivity contribution is 5.50. The summed E-state index contributed by atoms with van der Waals surface area (Å²) in [7, 11) is 0. The van der Waals surface area contributed by atoms with Crippen molar-refractivity contribution in [1.29, 1.82) is 0 Å². The molecular formula is C42H70O4. The highest BCUT2D eigenvalue weighted by Gasteiger charge is 2.46. The molecule has 1 atom stereocenters. The van der Waals surface area contributed by atoms with Gasteiger partial charge in [-0.2, -0.15) is 0 Å². The van der Waals surface area contributed by atoms with E-state index in [0.29, 0.717) is 0 Å². The van der Waals surface area contributed by atoms with E-state index in [-0.39, 0.29) is 32.5 Å². The zero-order valence-electron chi connectivity index (χ0n) is 32.7. The van der Waals surface area contributed by atoms with E-state index >= 15 is 0 Å². The van der Waals surface area contributed by atoms with Gasteiger partial charge in [0.25, 0.3) is 0 Å². The van der Waals surface area contributed by atoms with Crippen molar-refractivity contribution in [3.05, 3.63) is 63.7 Å². The van der Waals surface area contributed by atoms with E-state index in [1.54, 1.807) is 0 Å². The molecule has 0 fully saturated rings. The lowest BCUT2D eigenvalue weighted by Crippen LogP contribution is -2.45.